The number of methoxy groups -OCH3 is 1. The topological polar surface area (TPSA) is 21.3 Å². The summed E-state index contributed by atoms with van der Waals surface area (Å²) in [5, 5.41) is 3.60. The van der Waals surface area contributed by atoms with Crippen molar-refractivity contribution in [2.24, 2.45) is 5.92 Å². The Morgan fingerprint density at radius 3 is 2.94 bits per heavy atom. The van der Waals surface area contributed by atoms with E-state index in [0.717, 1.165) is 29.1 Å². The van der Waals surface area contributed by atoms with Crippen molar-refractivity contribution in [3.63, 3.8) is 0 Å². The summed E-state index contributed by atoms with van der Waals surface area (Å²) in [5.74, 6) is 1.75. The summed E-state index contributed by atoms with van der Waals surface area (Å²) < 4.78 is 6.29. The second kappa shape index (κ2) is 5.87. The lowest BCUT2D eigenvalue weighted by Gasteiger charge is -2.28. The molecule has 2 atom stereocenters. The first-order valence-corrected chi connectivity index (χ1v) is 7.04. The van der Waals surface area contributed by atoms with Gasteiger partial charge in [-0.15, -0.1) is 0 Å². The number of piperidine rings is 1. The lowest BCUT2D eigenvalue weighted by molar-refractivity contribution is 0.318. The van der Waals surface area contributed by atoms with Crippen molar-refractivity contribution in [3.8, 4) is 5.75 Å². The van der Waals surface area contributed by atoms with Gasteiger partial charge in [0.25, 0.3) is 0 Å². The summed E-state index contributed by atoms with van der Waals surface area (Å²) in [4.78, 5) is 0. The predicted octanol–water partition coefficient (Wildman–Crippen LogP) is 3.39. The largest absolute Gasteiger partial charge is 0.496 e. The summed E-state index contributed by atoms with van der Waals surface area (Å²) in [7, 11) is 1.70. The van der Waals surface area contributed by atoms with Gasteiger partial charge in [0, 0.05) is 6.04 Å². The average Bonchev–Trinajstić information content (AvgIpc) is 2.29. The molecule has 17 heavy (non-hydrogen) atoms. The Hall–Kier alpha value is -0.540. The van der Waals surface area contributed by atoms with Gasteiger partial charge in [-0.3, -0.25) is 0 Å². The van der Waals surface area contributed by atoms with Crippen molar-refractivity contribution in [3.05, 3.63) is 28.2 Å². The van der Waals surface area contributed by atoms with Gasteiger partial charge in [0.15, 0.2) is 0 Å². The van der Waals surface area contributed by atoms with Crippen LogP contribution >= 0.6 is 15.9 Å². The summed E-state index contributed by atoms with van der Waals surface area (Å²) >= 11 is 3.54. The number of halogens is 1. The lowest BCUT2D eigenvalue weighted by atomic mass is 9.90. The van der Waals surface area contributed by atoms with E-state index in [1.807, 2.05) is 6.07 Å². The van der Waals surface area contributed by atoms with E-state index in [1.165, 1.54) is 18.4 Å². The van der Waals surface area contributed by atoms with Crippen molar-refractivity contribution in [1.82, 2.24) is 5.32 Å². The van der Waals surface area contributed by atoms with Gasteiger partial charge in [-0.25, -0.2) is 0 Å². The molecule has 0 aromatic heterocycles. The Labute approximate surface area is 112 Å². The maximum atomic E-state index is 5.24. The summed E-state index contributed by atoms with van der Waals surface area (Å²) in [6.07, 6.45) is 3.69. The number of benzene rings is 1. The Morgan fingerprint density at radius 1 is 1.47 bits per heavy atom. The van der Waals surface area contributed by atoms with E-state index >= 15 is 0 Å². The Kier molecular flexibility index (Phi) is 4.46. The quantitative estimate of drug-likeness (QED) is 0.923. The van der Waals surface area contributed by atoms with Crippen molar-refractivity contribution in [1.29, 1.82) is 0 Å². The minimum absolute atomic E-state index is 0.624. The molecular formula is C14H20BrNO. The molecule has 1 aliphatic rings. The molecule has 1 aliphatic heterocycles. The molecule has 1 aromatic rings. The minimum atomic E-state index is 0.624. The fourth-order valence-corrected chi connectivity index (χ4v) is 3.09. The number of hydrogen-bond donors (Lipinski definition) is 1. The molecule has 1 fully saturated rings. The normalized spacial score (nSPS) is 24.6. The zero-order valence-corrected chi connectivity index (χ0v) is 12.1. The van der Waals surface area contributed by atoms with Crippen LogP contribution < -0.4 is 10.1 Å². The molecule has 1 N–H and O–H groups in total. The second-order valence-corrected chi connectivity index (χ2v) is 5.81. The zero-order valence-electron chi connectivity index (χ0n) is 10.5. The molecule has 1 saturated heterocycles. The van der Waals surface area contributed by atoms with Gasteiger partial charge in [-0.1, -0.05) is 13.0 Å². The highest BCUT2D eigenvalue weighted by molar-refractivity contribution is 9.10. The van der Waals surface area contributed by atoms with Crippen LogP contribution in [0.15, 0.2) is 22.7 Å². The Balaban J connectivity index is 2.00. The molecule has 0 bridgehead atoms. The van der Waals surface area contributed by atoms with Crippen LogP contribution in [-0.4, -0.2) is 19.7 Å². The molecule has 1 aromatic carbocycles. The molecule has 0 amide bonds. The first kappa shape index (κ1) is 12.9. The van der Waals surface area contributed by atoms with Crippen LogP contribution in [0.3, 0.4) is 0 Å². The summed E-state index contributed by atoms with van der Waals surface area (Å²) in [6, 6.07) is 6.98. The van der Waals surface area contributed by atoms with Crippen LogP contribution in [0.25, 0.3) is 0 Å². The third kappa shape index (κ3) is 3.46. The predicted molar refractivity (Wildman–Crippen MR) is 74.6 cm³/mol. The fourth-order valence-electron chi connectivity index (χ4n) is 2.50. The van der Waals surface area contributed by atoms with E-state index in [2.05, 4.69) is 40.3 Å². The zero-order chi connectivity index (χ0) is 12.3. The van der Waals surface area contributed by atoms with Crippen LogP contribution in [0, 0.1) is 5.92 Å². The first-order chi connectivity index (χ1) is 8.19. The van der Waals surface area contributed by atoms with Crippen molar-refractivity contribution in [2.75, 3.05) is 13.7 Å². The standard InChI is InChI=1S/C14H20BrNO/c1-10-5-6-16-12(7-10)8-11-3-4-14(17-2)13(15)9-11/h3-4,9-10,12,16H,5-8H2,1-2H3. The maximum Gasteiger partial charge on any atom is 0.133 e. The van der Waals surface area contributed by atoms with Gasteiger partial charge in [0.2, 0.25) is 0 Å². The first-order valence-electron chi connectivity index (χ1n) is 6.25. The van der Waals surface area contributed by atoms with Crippen molar-refractivity contribution < 1.29 is 4.74 Å². The fraction of sp³-hybridized carbons (Fsp3) is 0.571. The van der Waals surface area contributed by atoms with Crippen LogP contribution in [0.4, 0.5) is 0 Å². The monoisotopic (exact) mass is 297 g/mol. The second-order valence-electron chi connectivity index (χ2n) is 4.95. The van der Waals surface area contributed by atoms with Crippen LogP contribution in [-0.2, 0) is 6.42 Å². The molecule has 2 unspecified atom stereocenters. The van der Waals surface area contributed by atoms with Crippen LogP contribution in [0.1, 0.15) is 25.3 Å². The van der Waals surface area contributed by atoms with E-state index in [0.29, 0.717) is 6.04 Å². The number of hydrogen-bond acceptors (Lipinski definition) is 2. The molecule has 0 saturated carbocycles. The highest BCUT2D eigenvalue weighted by Gasteiger charge is 2.18. The van der Waals surface area contributed by atoms with Crippen molar-refractivity contribution in [2.45, 2.75) is 32.2 Å². The van der Waals surface area contributed by atoms with E-state index in [4.69, 9.17) is 4.74 Å². The van der Waals surface area contributed by atoms with Crippen molar-refractivity contribution >= 4 is 15.9 Å². The maximum absolute atomic E-state index is 5.24. The molecular weight excluding hydrogens is 278 g/mol. The molecule has 3 heteroatoms. The molecule has 0 radical (unpaired) electrons. The third-order valence-electron chi connectivity index (χ3n) is 3.46. The number of rotatable bonds is 3. The molecule has 2 nitrogen and oxygen atoms in total. The van der Waals surface area contributed by atoms with E-state index in [9.17, 15) is 0 Å². The SMILES string of the molecule is COc1ccc(CC2CC(C)CCN2)cc1Br. The Morgan fingerprint density at radius 2 is 2.29 bits per heavy atom. The summed E-state index contributed by atoms with van der Waals surface area (Å²) in [5.41, 5.74) is 1.37. The molecule has 94 valence electrons. The van der Waals surface area contributed by atoms with E-state index in [1.54, 1.807) is 7.11 Å². The number of ether oxygens (including phenoxy) is 1. The minimum Gasteiger partial charge on any atom is -0.496 e. The van der Waals surface area contributed by atoms with Gasteiger partial charge < -0.3 is 10.1 Å². The third-order valence-corrected chi connectivity index (χ3v) is 4.08. The van der Waals surface area contributed by atoms with Crippen LogP contribution in [0.5, 0.6) is 5.75 Å². The van der Waals surface area contributed by atoms with Gasteiger partial charge >= 0.3 is 0 Å². The average molecular weight is 298 g/mol. The highest BCUT2D eigenvalue weighted by atomic mass is 79.9. The smallest absolute Gasteiger partial charge is 0.133 e. The van der Waals surface area contributed by atoms with E-state index in [-0.39, 0.29) is 0 Å². The highest BCUT2D eigenvalue weighted by Crippen LogP contribution is 2.27. The molecule has 0 aliphatic carbocycles. The van der Waals surface area contributed by atoms with Gasteiger partial charge in [-0.2, -0.15) is 0 Å². The van der Waals surface area contributed by atoms with E-state index < -0.39 is 0 Å². The van der Waals surface area contributed by atoms with Gasteiger partial charge in [0.05, 0.1) is 11.6 Å². The van der Waals surface area contributed by atoms with Crippen LogP contribution in [0.2, 0.25) is 0 Å². The van der Waals surface area contributed by atoms with Gasteiger partial charge in [-0.05, 0) is 65.4 Å². The lowest BCUT2D eigenvalue weighted by Crippen LogP contribution is -2.38. The molecule has 1 heterocycles. The molecule has 2 rings (SSSR count). The summed E-state index contributed by atoms with van der Waals surface area (Å²) in [6.45, 7) is 3.50. The Bertz CT molecular complexity index is 380. The number of nitrogens with one attached hydrogen (secondary N) is 1. The molecule has 0 spiro atoms. The van der Waals surface area contributed by atoms with Gasteiger partial charge in [0.1, 0.15) is 5.75 Å².